The van der Waals surface area contributed by atoms with E-state index in [-0.39, 0.29) is 16.5 Å². The molecule has 0 atom stereocenters. The van der Waals surface area contributed by atoms with Gasteiger partial charge in [0.2, 0.25) is 0 Å². The second kappa shape index (κ2) is 6.41. The van der Waals surface area contributed by atoms with E-state index < -0.39 is 13.4 Å². The fourth-order valence-electron chi connectivity index (χ4n) is 1.55. The van der Waals surface area contributed by atoms with E-state index in [2.05, 4.69) is 19.2 Å². The van der Waals surface area contributed by atoms with Gasteiger partial charge in [-0.25, -0.2) is 9.66 Å². The summed E-state index contributed by atoms with van der Waals surface area (Å²) in [5.41, 5.74) is 0.157. The van der Waals surface area contributed by atoms with Gasteiger partial charge in [-0.1, -0.05) is 41.9 Å². The van der Waals surface area contributed by atoms with Crippen molar-refractivity contribution in [3.8, 4) is 17.0 Å². The lowest BCUT2D eigenvalue weighted by atomic mass is 10.1. The zero-order valence-corrected chi connectivity index (χ0v) is 12.9. The molecule has 0 aliphatic carbocycles. The largest absolute Gasteiger partial charge is 0.529 e. The van der Waals surface area contributed by atoms with E-state index in [1.165, 1.54) is 0 Å². The molecule has 0 unspecified atom stereocenters. The monoisotopic (exact) mass is 330 g/mol. The Kier molecular flexibility index (Phi) is 4.80. The lowest BCUT2D eigenvalue weighted by Crippen LogP contribution is -2.12. The minimum absolute atomic E-state index is 0.168. The van der Waals surface area contributed by atoms with Crippen LogP contribution in [0.1, 0.15) is 0 Å². The van der Waals surface area contributed by atoms with Crippen LogP contribution in [0.3, 0.4) is 0 Å². The van der Waals surface area contributed by atoms with Crippen molar-refractivity contribution in [1.82, 2.24) is 10.2 Å². The van der Waals surface area contributed by atoms with Crippen molar-refractivity contribution >= 4 is 19.4 Å². The third kappa shape index (κ3) is 3.33. The van der Waals surface area contributed by atoms with Crippen LogP contribution in [0.15, 0.2) is 35.1 Å². The number of H-pyrrole nitrogens is 1. The Morgan fingerprint density at radius 3 is 2.38 bits per heavy atom. The van der Waals surface area contributed by atoms with E-state index in [0.717, 1.165) is 14.2 Å². The highest BCUT2D eigenvalue weighted by molar-refractivity contribution is 7.48. The number of hydrogen-bond acceptors (Lipinski definition) is 6. The molecule has 0 aliphatic rings. The number of hydrogen-bond donors (Lipinski definition) is 1. The highest BCUT2D eigenvalue weighted by Crippen LogP contribution is 2.50. The minimum atomic E-state index is -3.87. The molecule has 1 heterocycles. The fourth-order valence-corrected chi connectivity index (χ4v) is 2.47. The summed E-state index contributed by atoms with van der Waals surface area (Å²) in [5.74, 6) is -0.168. The molecule has 0 aliphatic heterocycles. The van der Waals surface area contributed by atoms with Crippen molar-refractivity contribution in [1.29, 1.82) is 0 Å². The van der Waals surface area contributed by atoms with E-state index in [9.17, 15) is 9.36 Å². The van der Waals surface area contributed by atoms with Crippen molar-refractivity contribution in [2.75, 3.05) is 14.2 Å². The third-order valence-corrected chi connectivity index (χ3v) is 4.22. The van der Waals surface area contributed by atoms with E-state index in [1.807, 2.05) is 6.07 Å². The topological polar surface area (TPSA) is 90.5 Å². The van der Waals surface area contributed by atoms with Gasteiger partial charge in [-0.2, -0.15) is 5.10 Å². The normalized spacial score (nSPS) is 11.4. The molecule has 9 heteroatoms. The predicted octanol–water partition coefficient (Wildman–Crippen LogP) is 2.87. The van der Waals surface area contributed by atoms with Crippen molar-refractivity contribution in [3.05, 3.63) is 45.7 Å². The summed E-state index contributed by atoms with van der Waals surface area (Å²) < 4.78 is 26.7. The maximum absolute atomic E-state index is 12.1. The number of nitrogens with zero attached hydrogens (tertiary/aromatic N) is 1. The summed E-state index contributed by atoms with van der Waals surface area (Å²) in [5, 5.41) is 5.83. The molecule has 112 valence electrons. The van der Waals surface area contributed by atoms with Crippen molar-refractivity contribution in [2.24, 2.45) is 0 Å². The van der Waals surface area contributed by atoms with E-state index in [4.69, 9.17) is 16.1 Å². The lowest BCUT2D eigenvalue weighted by molar-refractivity contribution is 0.211. The Morgan fingerprint density at radius 2 is 1.81 bits per heavy atom. The number of nitrogens with one attached hydrogen (secondary N) is 1. The zero-order valence-electron chi connectivity index (χ0n) is 11.2. The van der Waals surface area contributed by atoms with Crippen molar-refractivity contribution in [2.45, 2.75) is 0 Å². The van der Waals surface area contributed by atoms with Gasteiger partial charge in [0.05, 0.1) is 0 Å². The number of phosphoric ester groups is 1. The highest BCUT2D eigenvalue weighted by atomic mass is 35.5. The predicted molar refractivity (Wildman–Crippen MR) is 77.6 cm³/mol. The van der Waals surface area contributed by atoms with Gasteiger partial charge < -0.3 is 4.52 Å². The van der Waals surface area contributed by atoms with Crippen LogP contribution in [0.5, 0.6) is 5.75 Å². The Balaban J connectivity index is 2.61. The van der Waals surface area contributed by atoms with Crippen LogP contribution in [0.2, 0.25) is 5.02 Å². The molecule has 0 amide bonds. The van der Waals surface area contributed by atoms with Crippen molar-refractivity contribution in [3.63, 3.8) is 0 Å². The average molecular weight is 331 g/mol. The smallest absolute Gasteiger partial charge is 0.400 e. The van der Waals surface area contributed by atoms with Crippen LogP contribution in [0.25, 0.3) is 11.3 Å². The molecule has 0 radical (unpaired) electrons. The van der Waals surface area contributed by atoms with Gasteiger partial charge in [-0.3, -0.25) is 13.8 Å². The summed E-state index contributed by atoms with van der Waals surface area (Å²) >= 11 is 5.93. The molecule has 1 aromatic heterocycles. The zero-order chi connectivity index (χ0) is 15.5. The number of halogens is 1. The summed E-state index contributed by atoms with van der Waals surface area (Å²) in [6.07, 6.45) is 0. The quantitative estimate of drug-likeness (QED) is 0.848. The first-order valence-electron chi connectivity index (χ1n) is 5.75. The van der Waals surface area contributed by atoms with Gasteiger partial charge >= 0.3 is 7.82 Å². The van der Waals surface area contributed by atoms with Gasteiger partial charge in [-0.05, 0) is 0 Å². The van der Waals surface area contributed by atoms with Crippen LogP contribution in [-0.2, 0) is 13.6 Å². The molecule has 0 saturated carbocycles. The SMILES string of the molecule is COP(=O)(OC)Oc1c(-c2ccccc2)n[nH]c(=O)c1Cl. The number of phosphoric acid groups is 1. The molecular formula is C12H12ClN2O5P. The second-order valence-corrected chi connectivity index (χ2v) is 6.00. The Labute approximate surface area is 125 Å². The van der Waals surface area contributed by atoms with Gasteiger partial charge in [0.1, 0.15) is 5.69 Å². The maximum atomic E-state index is 12.1. The average Bonchev–Trinajstić information content (AvgIpc) is 2.52. The number of rotatable bonds is 5. The number of benzene rings is 1. The third-order valence-electron chi connectivity index (χ3n) is 2.58. The standard InChI is InChI=1S/C12H12ClN2O5P/c1-18-21(17,19-2)20-11-9(13)12(16)15-14-10(11)8-6-4-3-5-7-8/h3-7H,1-2H3,(H,15,16). The molecule has 0 saturated heterocycles. The van der Waals surface area contributed by atoms with E-state index >= 15 is 0 Å². The van der Waals surface area contributed by atoms with Crippen LogP contribution in [0, 0.1) is 0 Å². The molecule has 1 N–H and O–H groups in total. The van der Waals surface area contributed by atoms with Gasteiger partial charge in [0.15, 0.2) is 10.8 Å². The maximum Gasteiger partial charge on any atom is 0.529 e. The van der Waals surface area contributed by atoms with Gasteiger partial charge in [0.25, 0.3) is 5.56 Å². The molecule has 0 bridgehead atoms. The first-order chi connectivity index (χ1) is 10.0. The van der Waals surface area contributed by atoms with Gasteiger partial charge in [-0.15, -0.1) is 0 Å². The summed E-state index contributed by atoms with van der Waals surface area (Å²) in [6, 6.07) is 8.81. The van der Waals surface area contributed by atoms with Crippen LogP contribution in [0.4, 0.5) is 0 Å². The number of aromatic nitrogens is 2. The van der Waals surface area contributed by atoms with E-state index in [1.54, 1.807) is 24.3 Å². The molecule has 0 fully saturated rings. The Hall–Kier alpha value is -1.66. The first kappa shape index (κ1) is 15.7. The van der Waals surface area contributed by atoms with Gasteiger partial charge in [0, 0.05) is 19.8 Å². The highest BCUT2D eigenvalue weighted by Gasteiger charge is 2.29. The molecule has 7 nitrogen and oxygen atoms in total. The van der Waals surface area contributed by atoms with Crippen LogP contribution in [-0.4, -0.2) is 24.4 Å². The summed E-state index contributed by atoms with van der Waals surface area (Å²) in [7, 11) is -1.57. The molecule has 1 aromatic carbocycles. The van der Waals surface area contributed by atoms with Crippen molar-refractivity contribution < 1.29 is 18.1 Å². The Bertz CT molecular complexity index is 726. The fraction of sp³-hybridized carbons (Fsp3) is 0.167. The molecule has 21 heavy (non-hydrogen) atoms. The molecular weight excluding hydrogens is 319 g/mol. The number of aromatic amines is 1. The molecule has 2 aromatic rings. The summed E-state index contributed by atoms with van der Waals surface area (Å²) in [6.45, 7) is 0. The van der Waals surface area contributed by atoms with Crippen LogP contribution < -0.4 is 10.1 Å². The minimum Gasteiger partial charge on any atom is -0.400 e. The molecule has 0 spiro atoms. The Morgan fingerprint density at radius 1 is 1.19 bits per heavy atom. The first-order valence-corrected chi connectivity index (χ1v) is 7.59. The summed E-state index contributed by atoms with van der Waals surface area (Å²) in [4.78, 5) is 11.6. The second-order valence-electron chi connectivity index (χ2n) is 3.81. The van der Waals surface area contributed by atoms with E-state index in [0.29, 0.717) is 5.56 Å². The lowest BCUT2D eigenvalue weighted by Gasteiger charge is -2.16. The molecule has 2 rings (SSSR count). The van der Waals surface area contributed by atoms with Crippen LogP contribution >= 0.6 is 19.4 Å².